The third-order valence-corrected chi connectivity index (χ3v) is 3.81. The van der Waals surface area contributed by atoms with Gasteiger partial charge >= 0.3 is 0 Å². The molecule has 1 aromatic carbocycles. The second-order valence-corrected chi connectivity index (χ2v) is 5.31. The molecular weight excluding hydrogens is 331 g/mol. The molecule has 1 aliphatic heterocycles. The zero-order chi connectivity index (χ0) is 12.4. The maximum atomic E-state index is 12.2. The fourth-order valence-electron chi connectivity index (χ4n) is 1.94. The van der Waals surface area contributed by atoms with Crippen molar-refractivity contribution in [1.29, 1.82) is 0 Å². The van der Waals surface area contributed by atoms with Gasteiger partial charge in [0.15, 0.2) is 0 Å². The maximum Gasteiger partial charge on any atom is 0.254 e. The van der Waals surface area contributed by atoms with Crippen LogP contribution in [-0.4, -0.2) is 37.0 Å². The number of carbonyl (C=O) groups excluding carboxylic acids is 1. The summed E-state index contributed by atoms with van der Waals surface area (Å²) >= 11 is 2.16. The highest BCUT2D eigenvalue weighted by Crippen LogP contribution is 2.22. The van der Waals surface area contributed by atoms with Gasteiger partial charge in [-0.05, 0) is 47.2 Å². The molecule has 1 aliphatic rings. The summed E-state index contributed by atoms with van der Waals surface area (Å²) in [7, 11) is 1.62. The number of benzene rings is 1. The molecule has 1 saturated heterocycles. The Morgan fingerprint density at radius 2 is 2.35 bits per heavy atom. The second kappa shape index (κ2) is 5.22. The van der Waals surface area contributed by atoms with E-state index in [-0.39, 0.29) is 11.9 Å². The van der Waals surface area contributed by atoms with Gasteiger partial charge in [-0.15, -0.1) is 0 Å². The van der Waals surface area contributed by atoms with Crippen LogP contribution in [-0.2, 0) is 0 Å². The first kappa shape index (κ1) is 12.6. The van der Waals surface area contributed by atoms with E-state index in [4.69, 9.17) is 10.5 Å². The highest BCUT2D eigenvalue weighted by atomic mass is 127. The number of ether oxygens (including phenoxy) is 1. The molecule has 2 N–H and O–H groups in total. The van der Waals surface area contributed by atoms with Crippen LogP contribution in [0, 0.1) is 3.57 Å². The number of carbonyl (C=O) groups is 1. The first-order valence-corrected chi connectivity index (χ1v) is 6.58. The summed E-state index contributed by atoms with van der Waals surface area (Å²) in [5, 5.41) is 0. The van der Waals surface area contributed by atoms with Crippen LogP contribution in [0.25, 0.3) is 0 Å². The molecule has 1 heterocycles. The molecule has 1 atom stereocenters. The SMILES string of the molecule is COc1ccc(C(=O)N2CC[C@@H](N)C2)c(I)c1. The second-order valence-electron chi connectivity index (χ2n) is 4.15. The van der Waals surface area contributed by atoms with E-state index in [1.54, 1.807) is 7.11 Å². The Labute approximate surface area is 114 Å². The van der Waals surface area contributed by atoms with Crippen LogP contribution in [0.5, 0.6) is 5.75 Å². The fourth-order valence-corrected chi connectivity index (χ4v) is 2.66. The number of nitrogens with two attached hydrogens (primary N) is 1. The van der Waals surface area contributed by atoms with Crippen LogP contribution < -0.4 is 10.5 Å². The average molecular weight is 346 g/mol. The van der Waals surface area contributed by atoms with E-state index in [1.165, 1.54) is 0 Å². The molecule has 0 aliphatic carbocycles. The lowest BCUT2D eigenvalue weighted by atomic mass is 10.2. The molecule has 0 radical (unpaired) electrons. The Kier molecular flexibility index (Phi) is 3.88. The summed E-state index contributed by atoms with van der Waals surface area (Å²) < 4.78 is 6.03. The minimum atomic E-state index is 0.0602. The number of hydrogen-bond acceptors (Lipinski definition) is 3. The van der Waals surface area contributed by atoms with E-state index in [9.17, 15) is 4.79 Å². The normalized spacial score (nSPS) is 19.5. The van der Waals surface area contributed by atoms with Crippen LogP contribution in [0.15, 0.2) is 18.2 Å². The summed E-state index contributed by atoms with van der Waals surface area (Å²) in [4.78, 5) is 14.1. The molecule has 2 rings (SSSR count). The Hall–Kier alpha value is -0.820. The Bertz CT molecular complexity index is 437. The molecule has 17 heavy (non-hydrogen) atoms. The van der Waals surface area contributed by atoms with E-state index < -0.39 is 0 Å². The summed E-state index contributed by atoms with van der Waals surface area (Å²) in [6, 6.07) is 5.61. The van der Waals surface area contributed by atoms with Crippen molar-refractivity contribution in [2.24, 2.45) is 5.73 Å². The number of likely N-dealkylation sites (tertiary alicyclic amines) is 1. The van der Waals surface area contributed by atoms with E-state index in [0.29, 0.717) is 6.54 Å². The van der Waals surface area contributed by atoms with Gasteiger partial charge in [0, 0.05) is 22.7 Å². The lowest BCUT2D eigenvalue weighted by molar-refractivity contribution is 0.0790. The van der Waals surface area contributed by atoms with Crippen LogP contribution >= 0.6 is 22.6 Å². The first-order valence-electron chi connectivity index (χ1n) is 5.50. The monoisotopic (exact) mass is 346 g/mol. The molecule has 0 bridgehead atoms. The smallest absolute Gasteiger partial charge is 0.254 e. The van der Waals surface area contributed by atoms with E-state index in [0.717, 1.165) is 27.8 Å². The van der Waals surface area contributed by atoms with Gasteiger partial charge in [-0.1, -0.05) is 0 Å². The van der Waals surface area contributed by atoms with Gasteiger partial charge in [-0.2, -0.15) is 0 Å². The third-order valence-electron chi connectivity index (χ3n) is 2.92. The number of hydrogen-bond donors (Lipinski definition) is 1. The zero-order valence-electron chi connectivity index (χ0n) is 9.65. The Morgan fingerprint density at radius 1 is 1.59 bits per heavy atom. The van der Waals surface area contributed by atoms with Crippen molar-refractivity contribution in [3.63, 3.8) is 0 Å². The minimum Gasteiger partial charge on any atom is -0.497 e. The Balaban J connectivity index is 2.19. The summed E-state index contributed by atoms with van der Waals surface area (Å²) in [6.45, 7) is 1.41. The average Bonchev–Trinajstić information content (AvgIpc) is 2.75. The Morgan fingerprint density at radius 3 is 2.88 bits per heavy atom. The van der Waals surface area contributed by atoms with Gasteiger partial charge in [0.1, 0.15) is 5.75 Å². The van der Waals surface area contributed by atoms with E-state index in [2.05, 4.69) is 22.6 Å². The van der Waals surface area contributed by atoms with Gasteiger partial charge in [0.2, 0.25) is 0 Å². The van der Waals surface area contributed by atoms with Crippen molar-refractivity contribution < 1.29 is 9.53 Å². The molecular formula is C12H15IN2O2. The molecule has 0 aromatic heterocycles. The largest absolute Gasteiger partial charge is 0.497 e. The quantitative estimate of drug-likeness (QED) is 0.826. The molecule has 1 fully saturated rings. The summed E-state index contributed by atoms with van der Waals surface area (Å²) in [5.74, 6) is 0.828. The third kappa shape index (κ3) is 2.71. The molecule has 0 spiro atoms. The fraction of sp³-hybridized carbons (Fsp3) is 0.417. The molecule has 0 saturated carbocycles. The molecule has 4 nitrogen and oxygen atoms in total. The number of halogens is 1. The van der Waals surface area contributed by atoms with Gasteiger partial charge < -0.3 is 15.4 Å². The molecule has 92 valence electrons. The van der Waals surface area contributed by atoms with E-state index in [1.807, 2.05) is 23.1 Å². The zero-order valence-corrected chi connectivity index (χ0v) is 11.8. The number of methoxy groups -OCH3 is 1. The van der Waals surface area contributed by atoms with Crippen molar-refractivity contribution in [3.8, 4) is 5.75 Å². The van der Waals surface area contributed by atoms with Gasteiger partial charge in [-0.3, -0.25) is 4.79 Å². The van der Waals surface area contributed by atoms with Crippen LogP contribution in [0.3, 0.4) is 0 Å². The standard InChI is InChI=1S/C12H15IN2O2/c1-17-9-2-3-10(11(13)6-9)12(16)15-5-4-8(14)7-15/h2-3,6,8H,4-5,7,14H2,1H3/t8-/m1/s1. The predicted molar refractivity (Wildman–Crippen MR) is 74.2 cm³/mol. The molecule has 1 amide bonds. The number of nitrogens with zero attached hydrogens (tertiary/aromatic N) is 1. The summed E-state index contributed by atoms with van der Waals surface area (Å²) in [5.41, 5.74) is 6.53. The molecule has 1 aromatic rings. The summed E-state index contributed by atoms with van der Waals surface area (Å²) in [6.07, 6.45) is 0.887. The van der Waals surface area contributed by atoms with Gasteiger partial charge in [0.05, 0.1) is 12.7 Å². The molecule has 0 unspecified atom stereocenters. The highest BCUT2D eigenvalue weighted by molar-refractivity contribution is 14.1. The van der Waals surface area contributed by atoms with Gasteiger partial charge in [-0.25, -0.2) is 0 Å². The van der Waals surface area contributed by atoms with Crippen LogP contribution in [0.2, 0.25) is 0 Å². The highest BCUT2D eigenvalue weighted by Gasteiger charge is 2.25. The molecule has 5 heteroatoms. The van der Waals surface area contributed by atoms with Crippen LogP contribution in [0.4, 0.5) is 0 Å². The number of rotatable bonds is 2. The lowest BCUT2D eigenvalue weighted by Crippen LogP contribution is -2.32. The van der Waals surface area contributed by atoms with Gasteiger partial charge in [0.25, 0.3) is 5.91 Å². The first-order chi connectivity index (χ1) is 8.11. The number of amides is 1. The van der Waals surface area contributed by atoms with Crippen LogP contribution in [0.1, 0.15) is 16.8 Å². The van der Waals surface area contributed by atoms with Crippen molar-refractivity contribution in [3.05, 3.63) is 27.3 Å². The maximum absolute atomic E-state index is 12.2. The topological polar surface area (TPSA) is 55.6 Å². The van der Waals surface area contributed by atoms with Crippen molar-refractivity contribution in [2.75, 3.05) is 20.2 Å². The van der Waals surface area contributed by atoms with Crippen molar-refractivity contribution in [1.82, 2.24) is 4.90 Å². The van der Waals surface area contributed by atoms with E-state index >= 15 is 0 Å². The lowest BCUT2D eigenvalue weighted by Gasteiger charge is -2.17. The van der Waals surface area contributed by atoms with Crippen molar-refractivity contribution >= 4 is 28.5 Å². The minimum absolute atomic E-state index is 0.0602. The predicted octanol–water partition coefficient (Wildman–Crippen LogP) is 1.47. The van der Waals surface area contributed by atoms with Crippen molar-refractivity contribution in [2.45, 2.75) is 12.5 Å².